The van der Waals surface area contributed by atoms with Crippen molar-refractivity contribution in [2.45, 2.75) is 19.4 Å². The van der Waals surface area contributed by atoms with Gasteiger partial charge in [0.15, 0.2) is 0 Å². The summed E-state index contributed by atoms with van der Waals surface area (Å²) in [6.07, 6.45) is 4.82. The van der Waals surface area contributed by atoms with E-state index in [1.165, 1.54) is 21.5 Å². The smallest absolute Gasteiger partial charge is 0.0525 e. The first-order valence-electron chi connectivity index (χ1n) is 7.21. The molecule has 0 radical (unpaired) electrons. The van der Waals surface area contributed by atoms with Crippen LogP contribution in [0.3, 0.4) is 0 Å². The fourth-order valence-corrected chi connectivity index (χ4v) is 4.25. The molecule has 1 unspecified atom stereocenters. The molecule has 0 bridgehead atoms. The fourth-order valence-electron chi connectivity index (χ4n) is 3.29. The van der Waals surface area contributed by atoms with Gasteiger partial charge in [0.25, 0.3) is 0 Å². The molecule has 0 aliphatic carbocycles. The van der Waals surface area contributed by atoms with E-state index in [4.69, 9.17) is 5.73 Å². The van der Waals surface area contributed by atoms with Crippen molar-refractivity contribution in [3.05, 3.63) is 52.5 Å². The number of hydrogen-bond donors (Lipinski definition) is 1. The molecule has 0 amide bonds. The first-order valence-corrected chi connectivity index (χ1v) is 8.09. The van der Waals surface area contributed by atoms with Gasteiger partial charge in [-0.2, -0.15) is 0 Å². The predicted molar refractivity (Wildman–Crippen MR) is 89.9 cm³/mol. The van der Waals surface area contributed by atoms with Gasteiger partial charge in [-0.15, -0.1) is 11.3 Å². The van der Waals surface area contributed by atoms with Gasteiger partial charge in [0.2, 0.25) is 0 Å². The molecule has 2 N–H and O–H groups in total. The summed E-state index contributed by atoms with van der Waals surface area (Å²) < 4.78 is 0. The molecule has 4 heteroatoms. The molecule has 0 spiro atoms. The Kier molecular flexibility index (Phi) is 2.86. The number of thiophene rings is 1. The number of nitrogen functional groups attached to an aromatic ring is 1. The number of benzene rings is 1. The summed E-state index contributed by atoms with van der Waals surface area (Å²) in [6, 6.07) is 8.87. The third kappa shape index (κ3) is 1.90. The van der Waals surface area contributed by atoms with Gasteiger partial charge in [0.05, 0.1) is 6.04 Å². The summed E-state index contributed by atoms with van der Waals surface area (Å²) in [5.41, 5.74) is 9.61. The van der Waals surface area contributed by atoms with Crippen molar-refractivity contribution >= 4 is 33.5 Å². The molecule has 1 atom stereocenters. The van der Waals surface area contributed by atoms with Gasteiger partial charge >= 0.3 is 0 Å². The minimum Gasteiger partial charge on any atom is -0.398 e. The monoisotopic (exact) mass is 295 g/mol. The van der Waals surface area contributed by atoms with E-state index in [2.05, 4.69) is 40.4 Å². The van der Waals surface area contributed by atoms with Crippen molar-refractivity contribution < 1.29 is 0 Å². The van der Waals surface area contributed by atoms with E-state index in [-0.39, 0.29) is 0 Å². The highest BCUT2D eigenvalue weighted by atomic mass is 32.1. The zero-order valence-corrected chi connectivity index (χ0v) is 12.7. The van der Waals surface area contributed by atoms with Crippen LogP contribution in [0, 0.1) is 0 Å². The van der Waals surface area contributed by atoms with Crippen LogP contribution < -0.4 is 10.6 Å². The van der Waals surface area contributed by atoms with Crippen LogP contribution in [0.1, 0.15) is 23.4 Å². The Bertz CT molecular complexity index is 809. The van der Waals surface area contributed by atoms with Crippen LogP contribution in [0.4, 0.5) is 11.4 Å². The third-order valence-electron chi connectivity index (χ3n) is 4.42. The molecule has 1 aromatic carbocycles. The molecule has 21 heavy (non-hydrogen) atoms. The Labute approximate surface area is 128 Å². The largest absolute Gasteiger partial charge is 0.398 e. The number of anilines is 2. The van der Waals surface area contributed by atoms with E-state index >= 15 is 0 Å². The van der Waals surface area contributed by atoms with Gasteiger partial charge in [-0.25, -0.2) is 0 Å². The molecule has 0 saturated carbocycles. The summed E-state index contributed by atoms with van der Waals surface area (Å²) in [5, 5.41) is 4.43. The number of nitrogens with two attached hydrogens (primary N) is 1. The van der Waals surface area contributed by atoms with Gasteiger partial charge in [0.1, 0.15) is 0 Å². The van der Waals surface area contributed by atoms with Gasteiger partial charge < -0.3 is 10.6 Å². The quantitative estimate of drug-likeness (QED) is 0.690. The van der Waals surface area contributed by atoms with Gasteiger partial charge in [-0.05, 0) is 48.6 Å². The van der Waals surface area contributed by atoms with Crippen LogP contribution >= 0.6 is 11.3 Å². The topological polar surface area (TPSA) is 42.1 Å². The van der Waals surface area contributed by atoms with Crippen molar-refractivity contribution in [1.29, 1.82) is 0 Å². The maximum absolute atomic E-state index is 6.09. The lowest BCUT2D eigenvalue weighted by molar-refractivity contribution is 0.635. The molecule has 4 rings (SSSR count). The SMILES string of the molecule is CC1c2ccsc2CCN1c1ccc(N)c2cnccc12. The zero-order valence-electron chi connectivity index (χ0n) is 11.9. The highest BCUT2D eigenvalue weighted by molar-refractivity contribution is 7.10. The molecule has 3 aromatic rings. The van der Waals surface area contributed by atoms with Crippen LogP contribution in [0.25, 0.3) is 10.8 Å². The number of pyridine rings is 1. The second-order valence-electron chi connectivity index (χ2n) is 5.51. The van der Waals surface area contributed by atoms with E-state index in [1.54, 1.807) is 0 Å². The number of fused-ring (bicyclic) bond motifs is 2. The van der Waals surface area contributed by atoms with E-state index in [0.717, 1.165) is 24.0 Å². The maximum atomic E-state index is 6.09. The highest BCUT2D eigenvalue weighted by Gasteiger charge is 2.26. The Balaban J connectivity index is 1.87. The summed E-state index contributed by atoms with van der Waals surface area (Å²) in [5.74, 6) is 0. The Morgan fingerprint density at radius 2 is 2.14 bits per heavy atom. The van der Waals surface area contributed by atoms with E-state index in [0.29, 0.717) is 6.04 Å². The first-order chi connectivity index (χ1) is 10.3. The lowest BCUT2D eigenvalue weighted by atomic mass is 9.99. The molecule has 2 aromatic heterocycles. The first kappa shape index (κ1) is 12.7. The van der Waals surface area contributed by atoms with Crippen molar-refractivity contribution in [2.75, 3.05) is 17.2 Å². The van der Waals surface area contributed by atoms with Crippen LogP contribution in [-0.4, -0.2) is 11.5 Å². The van der Waals surface area contributed by atoms with E-state index in [9.17, 15) is 0 Å². The highest BCUT2D eigenvalue weighted by Crippen LogP contribution is 2.39. The molecule has 106 valence electrons. The molecular weight excluding hydrogens is 278 g/mol. The second-order valence-corrected chi connectivity index (χ2v) is 6.51. The lowest BCUT2D eigenvalue weighted by Crippen LogP contribution is -2.33. The van der Waals surface area contributed by atoms with E-state index in [1.807, 2.05) is 29.8 Å². The Morgan fingerprint density at radius 1 is 1.24 bits per heavy atom. The minimum atomic E-state index is 0.403. The molecule has 0 fully saturated rings. The molecule has 1 aliphatic rings. The van der Waals surface area contributed by atoms with Gasteiger partial charge in [-0.3, -0.25) is 4.98 Å². The van der Waals surface area contributed by atoms with Crippen LogP contribution in [0.15, 0.2) is 42.0 Å². The van der Waals surface area contributed by atoms with Crippen LogP contribution in [0.2, 0.25) is 0 Å². The Hall–Kier alpha value is -2.07. The van der Waals surface area contributed by atoms with Gasteiger partial charge in [0, 0.05) is 46.0 Å². The lowest BCUT2D eigenvalue weighted by Gasteiger charge is -2.36. The molecule has 1 aliphatic heterocycles. The van der Waals surface area contributed by atoms with Gasteiger partial charge in [-0.1, -0.05) is 0 Å². The molecule has 3 nitrogen and oxygen atoms in total. The molecule has 3 heterocycles. The summed E-state index contributed by atoms with van der Waals surface area (Å²) in [7, 11) is 0. The van der Waals surface area contributed by atoms with Crippen molar-refractivity contribution in [3.8, 4) is 0 Å². The number of hydrogen-bond acceptors (Lipinski definition) is 4. The molecular formula is C17H17N3S. The average Bonchev–Trinajstić information content (AvgIpc) is 2.99. The number of aromatic nitrogens is 1. The van der Waals surface area contributed by atoms with Crippen molar-refractivity contribution in [2.24, 2.45) is 0 Å². The normalized spacial score (nSPS) is 18.0. The number of rotatable bonds is 1. The average molecular weight is 295 g/mol. The Morgan fingerprint density at radius 3 is 3.05 bits per heavy atom. The van der Waals surface area contributed by atoms with Crippen molar-refractivity contribution in [3.63, 3.8) is 0 Å². The summed E-state index contributed by atoms with van der Waals surface area (Å²) in [4.78, 5) is 8.22. The standard InChI is InChI=1S/C17H17N3S/c1-11-12-6-9-21-17(12)5-8-20(11)16-3-2-15(18)14-10-19-7-4-13(14)16/h2-4,6-7,9-11H,5,8,18H2,1H3. The summed E-state index contributed by atoms with van der Waals surface area (Å²) in [6.45, 7) is 3.34. The third-order valence-corrected chi connectivity index (χ3v) is 5.41. The number of nitrogens with zero attached hydrogens (tertiary/aromatic N) is 2. The maximum Gasteiger partial charge on any atom is 0.0525 e. The molecule has 0 saturated heterocycles. The predicted octanol–water partition coefficient (Wildman–Crippen LogP) is 4.00. The van der Waals surface area contributed by atoms with Crippen LogP contribution in [0.5, 0.6) is 0 Å². The van der Waals surface area contributed by atoms with Crippen LogP contribution in [-0.2, 0) is 6.42 Å². The van der Waals surface area contributed by atoms with Crippen molar-refractivity contribution in [1.82, 2.24) is 4.98 Å². The minimum absolute atomic E-state index is 0.403. The second kappa shape index (κ2) is 4.74. The zero-order chi connectivity index (χ0) is 14.4. The fraction of sp³-hybridized carbons (Fsp3) is 0.235. The van der Waals surface area contributed by atoms with E-state index < -0.39 is 0 Å². The summed E-state index contributed by atoms with van der Waals surface area (Å²) >= 11 is 1.88.